The van der Waals surface area contributed by atoms with E-state index in [9.17, 15) is 9.59 Å². The van der Waals surface area contributed by atoms with Gasteiger partial charge in [-0.25, -0.2) is 0 Å². The van der Waals surface area contributed by atoms with Gasteiger partial charge in [0.1, 0.15) is 6.33 Å². The van der Waals surface area contributed by atoms with Crippen molar-refractivity contribution >= 4 is 11.8 Å². The molecular weight excluding hydrogens is 310 g/mol. The molecule has 2 aromatic rings. The van der Waals surface area contributed by atoms with Gasteiger partial charge >= 0.3 is 0 Å². The molecule has 0 fully saturated rings. The normalized spacial score (nSPS) is 15.9. The van der Waals surface area contributed by atoms with Crippen LogP contribution in [0.3, 0.4) is 0 Å². The maximum atomic E-state index is 12.2. The summed E-state index contributed by atoms with van der Waals surface area (Å²) in [4.78, 5) is 24.1. The molecule has 3 rings (SSSR count). The Hall–Kier alpha value is -2.74. The van der Waals surface area contributed by atoms with Gasteiger partial charge in [-0.3, -0.25) is 9.59 Å². The third kappa shape index (κ3) is 3.43. The first kappa shape index (κ1) is 16.1. The maximum Gasteiger partial charge on any atom is 0.252 e. The number of fused-ring (bicyclic) bond motifs is 1. The smallest absolute Gasteiger partial charge is 0.252 e. The molecule has 0 spiro atoms. The summed E-state index contributed by atoms with van der Waals surface area (Å²) >= 11 is 0. The van der Waals surface area contributed by atoms with Crippen LogP contribution in [0.25, 0.3) is 0 Å². The summed E-state index contributed by atoms with van der Waals surface area (Å²) in [6.07, 6.45) is 1.79. The summed E-state index contributed by atoms with van der Waals surface area (Å²) in [5.74, 6) is 0.372. The second kappa shape index (κ2) is 7.22. The van der Waals surface area contributed by atoms with Gasteiger partial charge in [0.15, 0.2) is 5.82 Å². The van der Waals surface area contributed by atoms with Crippen LogP contribution in [0.1, 0.15) is 34.2 Å². The largest absolute Gasteiger partial charge is 0.383 e. The van der Waals surface area contributed by atoms with Gasteiger partial charge < -0.3 is 19.9 Å². The van der Waals surface area contributed by atoms with Gasteiger partial charge in [-0.15, -0.1) is 10.2 Å². The molecule has 2 N–H and O–H groups in total. The van der Waals surface area contributed by atoms with Gasteiger partial charge in [-0.1, -0.05) is 18.2 Å². The molecule has 0 saturated carbocycles. The molecule has 2 heterocycles. The molecule has 0 unspecified atom stereocenters. The van der Waals surface area contributed by atoms with Crippen molar-refractivity contribution in [2.24, 2.45) is 0 Å². The Labute approximate surface area is 139 Å². The van der Waals surface area contributed by atoms with Crippen LogP contribution in [0.4, 0.5) is 0 Å². The number of carbonyl (C=O) groups excluding carboxylic acids is 2. The number of amides is 2. The minimum absolute atomic E-state index is 0.136. The number of nitrogens with zero attached hydrogens (tertiary/aromatic N) is 3. The molecule has 8 nitrogen and oxygen atoms in total. The highest BCUT2D eigenvalue weighted by molar-refractivity contribution is 5.99. The van der Waals surface area contributed by atoms with Crippen LogP contribution in [0.15, 0.2) is 30.6 Å². The first-order chi connectivity index (χ1) is 11.7. The van der Waals surface area contributed by atoms with Crippen LogP contribution < -0.4 is 10.6 Å². The molecule has 0 radical (unpaired) electrons. The van der Waals surface area contributed by atoms with E-state index >= 15 is 0 Å². The number of nitrogens with one attached hydrogen (secondary N) is 2. The van der Waals surface area contributed by atoms with Crippen molar-refractivity contribution in [1.82, 2.24) is 25.4 Å². The molecule has 0 saturated heterocycles. The van der Waals surface area contributed by atoms with Gasteiger partial charge in [0.25, 0.3) is 5.91 Å². The fourth-order valence-electron chi connectivity index (χ4n) is 2.71. The molecule has 0 aliphatic carbocycles. The Morgan fingerprint density at radius 2 is 2.25 bits per heavy atom. The lowest BCUT2D eigenvalue weighted by atomic mass is 10.0. The monoisotopic (exact) mass is 329 g/mol. The number of hydrogen-bond acceptors (Lipinski definition) is 5. The van der Waals surface area contributed by atoms with Crippen molar-refractivity contribution in [2.45, 2.75) is 25.6 Å². The van der Waals surface area contributed by atoms with E-state index in [1.165, 1.54) is 0 Å². The van der Waals surface area contributed by atoms with Gasteiger partial charge in [-0.2, -0.15) is 0 Å². The Balaban J connectivity index is 1.56. The van der Waals surface area contributed by atoms with E-state index in [0.29, 0.717) is 24.5 Å². The number of hydrogen-bond donors (Lipinski definition) is 2. The summed E-state index contributed by atoms with van der Waals surface area (Å²) in [5, 5.41) is 13.5. The maximum absolute atomic E-state index is 12.2. The Kier molecular flexibility index (Phi) is 4.85. The van der Waals surface area contributed by atoms with Crippen LogP contribution in [-0.2, 0) is 22.6 Å². The zero-order valence-electron chi connectivity index (χ0n) is 13.4. The van der Waals surface area contributed by atoms with E-state index in [1.54, 1.807) is 19.5 Å². The highest BCUT2D eigenvalue weighted by Gasteiger charge is 2.29. The van der Waals surface area contributed by atoms with E-state index < -0.39 is 0 Å². The second-order valence-corrected chi connectivity index (χ2v) is 5.53. The van der Waals surface area contributed by atoms with Crippen molar-refractivity contribution in [3.05, 3.63) is 47.5 Å². The molecule has 1 atom stereocenters. The average Bonchev–Trinajstić information content (AvgIpc) is 3.16. The predicted molar refractivity (Wildman–Crippen MR) is 85.0 cm³/mol. The Morgan fingerprint density at radius 1 is 1.42 bits per heavy atom. The van der Waals surface area contributed by atoms with E-state index in [1.807, 2.05) is 22.8 Å². The number of methoxy groups -OCH3 is 1. The highest BCUT2D eigenvalue weighted by Crippen LogP contribution is 2.27. The zero-order chi connectivity index (χ0) is 16.9. The summed E-state index contributed by atoms with van der Waals surface area (Å²) in [6, 6.07) is 7.02. The molecule has 1 aliphatic heterocycles. The van der Waals surface area contributed by atoms with Crippen LogP contribution in [0.5, 0.6) is 0 Å². The first-order valence-electron chi connectivity index (χ1n) is 7.71. The number of ether oxygens (including phenoxy) is 1. The van der Waals surface area contributed by atoms with Gasteiger partial charge in [0.05, 0.1) is 25.6 Å². The summed E-state index contributed by atoms with van der Waals surface area (Å²) in [7, 11) is 1.62. The lowest BCUT2D eigenvalue weighted by molar-refractivity contribution is -0.121. The molecular formula is C16H19N5O3. The van der Waals surface area contributed by atoms with Gasteiger partial charge in [0, 0.05) is 19.2 Å². The third-order valence-corrected chi connectivity index (χ3v) is 3.95. The second-order valence-electron chi connectivity index (χ2n) is 5.53. The lowest BCUT2D eigenvalue weighted by Crippen LogP contribution is -2.29. The number of rotatable bonds is 7. The summed E-state index contributed by atoms with van der Waals surface area (Å²) in [6.45, 7) is 1.45. The van der Waals surface area contributed by atoms with E-state index in [4.69, 9.17) is 4.74 Å². The number of aromatic nitrogens is 3. The predicted octanol–water partition coefficient (Wildman–Crippen LogP) is 0.415. The highest BCUT2D eigenvalue weighted by atomic mass is 16.5. The van der Waals surface area contributed by atoms with Crippen LogP contribution in [-0.4, -0.2) is 40.3 Å². The molecule has 126 valence electrons. The Morgan fingerprint density at radius 3 is 3.08 bits per heavy atom. The van der Waals surface area contributed by atoms with Crippen LogP contribution in [0, 0.1) is 0 Å². The van der Waals surface area contributed by atoms with Crippen molar-refractivity contribution in [3.63, 3.8) is 0 Å². The van der Waals surface area contributed by atoms with Gasteiger partial charge in [0.2, 0.25) is 5.91 Å². The van der Waals surface area contributed by atoms with E-state index in [0.717, 1.165) is 5.56 Å². The van der Waals surface area contributed by atoms with Crippen LogP contribution in [0.2, 0.25) is 0 Å². The lowest BCUT2D eigenvalue weighted by Gasteiger charge is -2.12. The number of carbonyl (C=O) groups is 2. The summed E-state index contributed by atoms with van der Waals surface area (Å²) < 4.78 is 6.85. The van der Waals surface area contributed by atoms with Crippen LogP contribution >= 0.6 is 0 Å². The standard InChI is InChI=1S/C16H19N5O3/c1-24-7-6-21-10-18-20-14(21)9-17-15(22)8-13-11-4-2-3-5-12(11)16(23)19-13/h2-5,10,13H,6-9H2,1H3,(H,17,22)(H,19,23)/t13-/m0/s1. The van der Waals surface area contributed by atoms with Crippen molar-refractivity contribution in [2.75, 3.05) is 13.7 Å². The average molecular weight is 329 g/mol. The zero-order valence-corrected chi connectivity index (χ0v) is 13.4. The molecule has 24 heavy (non-hydrogen) atoms. The minimum atomic E-state index is -0.292. The fraction of sp³-hybridized carbons (Fsp3) is 0.375. The van der Waals surface area contributed by atoms with E-state index in [2.05, 4.69) is 20.8 Å². The third-order valence-electron chi connectivity index (χ3n) is 3.95. The van der Waals surface area contributed by atoms with Gasteiger partial charge in [-0.05, 0) is 11.6 Å². The van der Waals surface area contributed by atoms with Crippen molar-refractivity contribution in [1.29, 1.82) is 0 Å². The topological polar surface area (TPSA) is 98.1 Å². The van der Waals surface area contributed by atoms with Crippen molar-refractivity contribution in [3.8, 4) is 0 Å². The number of benzene rings is 1. The SMILES string of the molecule is COCCn1cnnc1CNC(=O)C[C@@H]1NC(=O)c2ccccc21. The first-order valence-corrected chi connectivity index (χ1v) is 7.71. The fourth-order valence-corrected chi connectivity index (χ4v) is 2.71. The molecule has 2 amide bonds. The molecule has 1 aromatic heterocycles. The molecule has 8 heteroatoms. The van der Waals surface area contributed by atoms with Crippen molar-refractivity contribution < 1.29 is 14.3 Å². The quantitative estimate of drug-likeness (QED) is 0.767. The molecule has 1 aliphatic rings. The van der Waals surface area contributed by atoms with E-state index in [-0.39, 0.29) is 30.8 Å². The summed E-state index contributed by atoms with van der Waals surface area (Å²) in [5.41, 5.74) is 1.50. The molecule has 0 bridgehead atoms. The Bertz CT molecular complexity index is 743. The minimum Gasteiger partial charge on any atom is -0.383 e. The molecule has 1 aromatic carbocycles.